The molecule has 1 aliphatic carbocycles. The summed E-state index contributed by atoms with van der Waals surface area (Å²) in [4.78, 5) is 22.7. The Labute approximate surface area is 185 Å². The molecule has 3 heterocycles. The van der Waals surface area contributed by atoms with Crippen molar-refractivity contribution in [1.29, 1.82) is 0 Å². The highest BCUT2D eigenvalue weighted by Crippen LogP contribution is 2.39. The molecule has 5 aromatic rings. The molecule has 6 rings (SSSR count). The lowest BCUT2D eigenvalue weighted by atomic mass is 10.2. The predicted octanol–water partition coefficient (Wildman–Crippen LogP) is 4.93. The number of fused-ring (bicyclic) bond motifs is 3. The fourth-order valence-electron chi connectivity index (χ4n) is 3.87. The molecule has 7 nitrogen and oxygen atoms in total. The van der Waals surface area contributed by atoms with E-state index in [2.05, 4.69) is 15.1 Å². The lowest BCUT2D eigenvalue weighted by Crippen LogP contribution is -2.24. The summed E-state index contributed by atoms with van der Waals surface area (Å²) in [5.41, 5.74) is 2.66. The Bertz CT molecular complexity index is 1530. The van der Waals surface area contributed by atoms with Crippen LogP contribution < -0.4 is 5.56 Å². The Hall–Kier alpha value is -3.16. The van der Waals surface area contributed by atoms with Gasteiger partial charge in [0, 0.05) is 10.9 Å². The van der Waals surface area contributed by atoms with E-state index < -0.39 is 0 Å². The van der Waals surface area contributed by atoms with Crippen LogP contribution in [0.5, 0.6) is 0 Å². The fourth-order valence-corrected chi connectivity index (χ4v) is 4.34. The van der Waals surface area contributed by atoms with E-state index in [1.165, 1.54) is 0 Å². The maximum Gasteiger partial charge on any atom is 0.278 e. The van der Waals surface area contributed by atoms with Crippen molar-refractivity contribution in [2.45, 2.75) is 25.3 Å². The van der Waals surface area contributed by atoms with Crippen LogP contribution in [0.3, 0.4) is 0 Å². The Kier molecular flexibility index (Phi) is 4.16. The number of para-hydroxylation sites is 1. The number of aromatic nitrogens is 5. The largest absolute Gasteiger partial charge is 0.339 e. The highest BCUT2D eigenvalue weighted by molar-refractivity contribution is 6.35. The summed E-state index contributed by atoms with van der Waals surface area (Å²) in [7, 11) is 0. The average Bonchev–Trinajstić information content (AvgIpc) is 3.32. The molecular formula is C22H15Cl2N5O2. The van der Waals surface area contributed by atoms with Gasteiger partial charge < -0.3 is 4.52 Å². The molecule has 3 aromatic heterocycles. The van der Waals surface area contributed by atoms with Gasteiger partial charge in [-0.25, -0.2) is 4.98 Å². The molecule has 154 valence electrons. The van der Waals surface area contributed by atoms with Gasteiger partial charge in [0.2, 0.25) is 11.7 Å². The first kappa shape index (κ1) is 18.6. The predicted molar refractivity (Wildman–Crippen MR) is 118 cm³/mol. The summed E-state index contributed by atoms with van der Waals surface area (Å²) in [6.45, 7) is 0.263. The molecule has 1 aliphatic rings. The highest BCUT2D eigenvalue weighted by atomic mass is 35.5. The number of rotatable bonds is 4. The minimum atomic E-state index is -0.259. The van der Waals surface area contributed by atoms with Gasteiger partial charge in [0.25, 0.3) is 5.56 Å². The lowest BCUT2D eigenvalue weighted by Gasteiger charge is -2.14. The van der Waals surface area contributed by atoms with Gasteiger partial charge in [0.05, 0.1) is 22.6 Å². The molecule has 1 saturated carbocycles. The van der Waals surface area contributed by atoms with E-state index in [1.807, 2.05) is 30.3 Å². The van der Waals surface area contributed by atoms with E-state index in [9.17, 15) is 4.79 Å². The van der Waals surface area contributed by atoms with Gasteiger partial charge >= 0.3 is 0 Å². The van der Waals surface area contributed by atoms with Crippen LogP contribution in [0.4, 0.5) is 0 Å². The normalized spacial score (nSPS) is 14.0. The van der Waals surface area contributed by atoms with Gasteiger partial charge in [-0.05, 0) is 36.6 Å². The Morgan fingerprint density at radius 2 is 1.84 bits per heavy atom. The van der Waals surface area contributed by atoms with Crippen molar-refractivity contribution in [2.75, 3.05) is 0 Å². The third-order valence-electron chi connectivity index (χ3n) is 5.58. The molecule has 31 heavy (non-hydrogen) atoms. The number of nitrogens with zero attached hydrogens (tertiary/aromatic N) is 5. The van der Waals surface area contributed by atoms with Gasteiger partial charge in [0.1, 0.15) is 17.5 Å². The van der Waals surface area contributed by atoms with Crippen LogP contribution in [0.1, 0.15) is 30.2 Å². The van der Waals surface area contributed by atoms with Gasteiger partial charge in [-0.3, -0.25) is 13.8 Å². The van der Waals surface area contributed by atoms with Crippen LogP contribution in [0.25, 0.3) is 28.1 Å². The summed E-state index contributed by atoms with van der Waals surface area (Å²) in [6, 6.07) is 12.9. The molecule has 0 unspecified atom stereocenters. The molecule has 0 radical (unpaired) electrons. The second-order valence-corrected chi connectivity index (χ2v) is 8.45. The van der Waals surface area contributed by atoms with Crippen LogP contribution in [-0.4, -0.2) is 24.1 Å². The van der Waals surface area contributed by atoms with Crippen LogP contribution in [0.15, 0.2) is 58.1 Å². The van der Waals surface area contributed by atoms with E-state index >= 15 is 0 Å². The van der Waals surface area contributed by atoms with Crippen molar-refractivity contribution in [1.82, 2.24) is 24.1 Å². The number of hydrogen-bond acceptors (Lipinski definition) is 5. The first-order chi connectivity index (χ1) is 15.1. The first-order valence-corrected chi connectivity index (χ1v) is 10.6. The Morgan fingerprint density at radius 3 is 2.65 bits per heavy atom. The van der Waals surface area contributed by atoms with Crippen molar-refractivity contribution in [3.8, 4) is 11.5 Å². The highest BCUT2D eigenvalue weighted by Gasteiger charge is 2.31. The molecule has 0 saturated heterocycles. The monoisotopic (exact) mass is 451 g/mol. The second-order valence-electron chi connectivity index (χ2n) is 7.63. The third-order valence-corrected chi connectivity index (χ3v) is 6.25. The minimum absolute atomic E-state index is 0.259. The van der Waals surface area contributed by atoms with Crippen LogP contribution in [-0.2, 0) is 6.54 Å². The van der Waals surface area contributed by atoms with Gasteiger partial charge in [-0.2, -0.15) is 4.98 Å². The standard InChI is InChI=1S/C22H15Cl2N5O2/c23-14-5-2-1-4-13(14)10-28-18-15(24)6-3-7-16(18)29-11-25-17(19(29)22(28)30)20-26-21(31-27-20)12-8-9-12/h1-7,11-12H,8-10H2. The molecule has 0 aliphatic heterocycles. The molecule has 0 bridgehead atoms. The van der Waals surface area contributed by atoms with Crippen LogP contribution >= 0.6 is 23.2 Å². The molecule has 9 heteroatoms. The number of benzene rings is 2. The molecule has 0 N–H and O–H groups in total. The summed E-state index contributed by atoms with van der Waals surface area (Å²) in [6.07, 6.45) is 3.68. The van der Waals surface area contributed by atoms with Crippen molar-refractivity contribution >= 4 is 39.8 Å². The molecule has 0 amide bonds. The van der Waals surface area contributed by atoms with Crippen molar-refractivity contribution < 1.29 is 4.52 Å². The maximum absolute atomic E-state index is 13.7. The molecule has 0 atom stereocenters. The molecule has 0 spiro atoms. The smallest absolute Gasteiger partial charge is 0.278 e. The molecule has 2 aromatic carbocycles. The summed E-state index contributed by atoms with van der Waals surface area (Å²) in [5.74, 6) is 1.22. The van der Waals surface area contributed by atoms with Crippen LogP contribution in [0, 0.1) is 0 Å². The quantitative estimate of drug-likeness (QED) is 0.386. The maximum atomic E-state index is 13.7. The summed E-state index contributed by atoms with van der Waals surface area (Å²) < 4.78 is 8.75. The molecular weight excluding hydrogens is 437 g/mol. The van der Waals surface area contributed by atoms with E-state index in [-0.39, 0.29) is 12.1 Å². The number of halogens is 2. The summed E-state index contributed by atoms with van der Waals surface area (Å²) in [5, 5.41) is 5.13. The zero-order chi connectivity index (χ0) is 21.1. The lowest BCUT2D eigenvalue weighted by molar-refractivity contribution is 0.380. The average molecular weight is 452 g/mol. The zero-order valence-corrected chi connectivity index (χ0v) is 17.6. The minimum Gasteiger partial charge on any atom is -0.339 e. The second kappa shape index (κ2) is 6.93. The van der Waals surface area contributed by atoms with E-state index in [4.69, 9.17) is 27.7 Å². The third kappa shape index (κ3) is 2.96. The fraction of sp³-hybridized carbons (Fsp3) is 0.182. The molecule has 1 fully saturated rings. The van der Waals surface area contributed by atoms with Crippen molar-refractivity contribution in [3.05, 3.63) is 80.6 Å². The Balaban J connectivity index is 1.64. The van der Waals surface area contributed by atoms with Crippen molar-refractivity contribution in [2.24, 2.45) is 0 Å². The zero-order valence-electron chi connectivity index (χ0n) is 16.1. The van der Waals surface area contributed by atoms with E-state index in [0.29, 0.717) is 44.4 Å². The van der Waals surface area contributed by atoms with Gasteiger partial charge in [-0.15, -0.1) is 0 Å². The first-order valence-electron chi connectivity index (χ1n) is 9.87. The van der Waals surface area contributed by atoms with Crippen LogP contribution in [0.2, 0.25) is 10.0 Å². The van der Waals surface area contributed by atoms with E-state index in [0.717, 1.165) is 23.9 Å². The van der Waals surface area contributed by atoms with Crippen molar-refractivity contribution in [3.63, 3.8) is 0 Å². The topological polar surface area (TPSA) is 78.2 Å². The van der Waals surface area contributed by atoms with Gasteiger partial charge in [-0.1, -0.05) is 52.6 Å². The SMILES string of the molecule is O=c1c2c(-c3noc(C4CC4)n3)ncn2c2cccc(Cl)c2n1Cc1ccccc1Cl. The number of hydrogen-bond donors (Lipinski definition) is 0. The Morgan fingerprint density at radius 1 is 1.03 bits per heavy atom. The van der Waals surface area contributed by atoms with Gasteiger partial charge in [0.15, 0.2) is 0 Å². The van der Waals surface area contributed by atoms with E-state index in [1.54, 1.807) is 27.4 Å². The number of imidazole rings is 1. The summed E-state index contributed by atoms with van der Waals surface area (Å²) >= 11 is 12.9.